The standard InChI is InChI=1S/C22H29N3O3/c1-27-22(10-13-23-14-11-22)21(26)25-17-5-7-18(8-6-17)28-20-4-2-3-16-15-24-12-9-19(16)20/h2-4,9,12,15,17-18,23H,5-8,10-11,13-14H2,1H3,(H,25,26). The molecule has 0 spiro atoms. The number of carbonyl (C=O) groups excluding carboxylic acids is 1. The summed E-state index contributed by atoms with van der Waals surface area (Å²) in [7, 11) is 1.65. The SMILES string of the molecule is COC1(C(=O)NC2CCC(Oc3cccc4cnccc34)CC2)CCNCC1. The van der Waals surface area contributed by atoms with Crippen molar-refractivity contribution in [1.29, 1.82) is 0 Å². The smallest absolute Gasteiger partial charge is 0.252 e. The summed E-state index contributed by atoms with van der Waals surface area (Å²) >= 11 is 0. The van der Waals surface area contributed by atoms with E-state index in [4.69, 9.17) is 9.47 Å². The van der Waals surface area contributed by atoms with Crippen LogP contribution in [0.25, 0.3) is 10.8 Å². The zero-order valence-corrected chi connectivity index (χ0v) is 16.4. The Morgan fingerprint density at radius 2 is 1.96 bits per heavy atom. The molecule has 0 radical (unpaired) electrons. The average molecular weight is 383 g/mol. The number of aromatic nitrogens is 1. The van der Waals surface area contributed by atoms with E-state index in [1.54, 1.807) is 13.3 Å². The van der Waals surface area contributed by atoms with Gasteiger partial charge in [0, 0.05) is 36.3 Å². The number of ether oxygens (including phenoxy) is 2. The first-order chi connectivity index (χ1) is 13.7. The van der Waals surface area contributed by atoms with Crippen LogP contribution in [0.1, 0.15) is 38.5 Å². The number of piperidine rings is 1. The predicted molar refractivity (Wildman–Crippen MR) is 108 cm³/mol. The van der Waals surface area contributed by atoms with Gasteiger partial charge in [0.2, 0.25) is 0 Å². The van der Waals surface area contributed by atoms with Crippen LogP contribution in [0.2, 0.25) is 0 Å². The number of fused-ring (bicyclic) bond motifs is 1. The molecule has 1 saturated carbocycles. The quantitative estimate of drug-likeness (QED) is 0.831. The summed E-state index contributed by atoms with van der Waals surface area (Å²) in [5.74, 6) is 0.961. The largest absolute Gasteiger partial charge is 0.490 e. The van der Waals surface area contributed by atoms with Crippen LogP contribution in [0.15, 0.2) is 36.7 Å². The number of nitrogens with zero attached hydrogens (tertiary/aromatic N) is 1. The Morgan fingerprint density at radius 3 is 2.71 bits per heavy atom. The first-order valence-corrected chi connectivity index (χ1v) is 10.3. The fraction of sp³-hybridized carbons (Fsp3) is 0.545. The van der Waals surface area contributed by atoms with E-state index in [0.717, 1.165) is 68.1 Å². The lowest BCUT2D eigenvalue weighted by molar-refractivity contribution is -0.147. The maximum Gasteiger partial charge on any atom is 0.252 e. The van der Waals surface area contributed by atoms with Gasteiger partial charge in [-0.05, 0) is 63.7 Å². The molecular weight excluding hydrogens is 354 g/mol. The molecule has 2 aromatic rings. The van der Waals surface area contributed by atoms with E-state index in [1.807, 2.05) is 30.5 Å². The molecular formula is C22H29N3O3. The average Bonchev–Trinajstić information content (AvgIpc) is 2.76. The number of nitrogens with one attached hydrogen (secondary N) is 2. The van der Waals surface area contributed by atoms with Gasteiger partial charge in [0.15, 0.2) is 0 Å². The molecule has 1 aromatic heterocycles. The normalized spacial score (nSPS) is 24.6. The van der Waals surface area contributed by atoms with Gasteiger partial charge in [-0.2, -0.15) is 0 Å². The van der Waals surface area contributed by atoms with Crippen molar-refractivity contribution in [2.75, 3.05) is 20.2 Å². The first kappa shape index (κ1) is 19.2. The van der Waals surface area contributed by atoms with Gasteiger partial charge in [0.05, 0.1) is 6.10 Å². The van der Waals surface area contributed by atoms with Crippen LogP contribution in [0.3, 0.4) is 0 Å². The number of hydrogen-bond donors (Lipinski definition) is 2. The Bertz CT molecular complexity index is 806. The number of methoxy groups -OCH3 is 1. The van der Waals surface area contributed by atoms with E-state index in [1.165, 1.54) is 0 Å². The topological polar surface area (TPSA) is 72.5 Å². The van der Waals surface area contributed by atoms with E-state index in [9.17, 15) is 4.79 Å². The molecule has 0 bridgehead atoms. The Hall–Kier alpha value is -2.18. The minimum absolute atomic E-state index is 0.0439. The molecule has 1 amide bonds. The summed E-state index contributed by atoms with van der Waals surface area (Å²) in [5, 5.41) is 8.72. The minimum atomic E-state index is -0.671. The molecule has 6 heteroatoms. The Morgan fingerprint density at radius 1 is 1.18 bits per heavy atom. The summed E-state index contributed by atoms with van der Waals surface area (Å²) in [6.07, 6.45) is 9.04. The third-order valence-corrected chi connectivity index (χ3v) is 6.16. The van der Waals surface area contributed by atoms with Crippen LogP contribution >= 0.6 is 0 Å². The maximum atomic E-state index is 12.8. The fourth-order valence-corrected chi connectivity index (χ4v) is 4.37. The highest BCUT2D eigenvalue weighted by atomic mass is 16.5. The van der Waals surface area contributed by atoms with Crippen LogP contribution < -0.4 is 15.4 Å². The lowest BCUT2D eigenvalue weighted by atomic mass is 9.88. The van der Waals surface area contributed by atoms with Crippen molar-refractivity contribution in [2.24, 2.45) is 0 Å². The minimum Gasteiger partial charge on any atom is -0.490 e. The maximum absolute atomic E-state index is 12.8. The van der Waals surface area contributed by atoms with Gasteiger partial charge in [-0.1, -0.05) is 12.1 Å². The Labute approximate surface area is 166 Å². The highest BCUT2D eigenvalue weighted by Gasteiger charge is 2.40. The molecule has 1 aliphatic carbocycles. The second kappa shape index (κ2) is 8.45. The second-order valence-corrected chi connectivity index (χ2v) is 7.87. The number of carbonyl (C=O) groups is 1. The Kier molecular flexibility index (Phi) is 5.78. The number of benzene rings is 1. The molecule has 4 rings (SSSR count). The van der Waals surface area contributed by atoms with Crippen molar-refractivity contribution in [3.8, 4) is 5.75 Å². The zero-order chi connectivity index (χ0) is 19.4. The lowest BCUT2D eigenvalue weighted by Crippen LogP contribution is -2.56. The fourth-order valence-electron chi connectivity index (χ4n) is 4.37. The molecule has 6 nitrogen and oxygen atoms in total. The highest BCUT2D eigenvalue weighted by molar-refractivity contribution is 5.87. The number of pyridine rings is 1. The Balaban J connectivity index is 1.32. The van der Waals surface area contributed by atoms with Crippen LogP contribution in [-0.2, 0) is 9.53 Å². The van der Waals surface area contributed by atoms with Gasteiger partial charge < -0.3 is 20.1 Å². The molecule has 150 valence electrons. The third kappa shape index (κ3) is 3.98. The summed E-state index contributed by atoms with van der Waals surface area (Å²) in [6.45, 7) is 1.64. The summed E-state index contributed by atoms with van der Waals surface area (Å²) < 4.78 is 11.9. The number of hydrogen-bond acceptors (Lipinski definition) is 5. The van der Waals surface area contributed by atoms with Gasteiger partial charge in [-0.25, -0.2) is 0 Å². The molecule has 2 N–H and O–H groups in total. The molecule has 28 heavy (non-hydrogen) atoms. The van der Waals surface area contributed by atoms with Crippen molar-refractivity contribution >= 4 is 16.7 Å². The van der Waals surface area contributed by atoms with Gasteiger partial charge in [-0.15, -0.1) is 0 Å². The summed E-state index contributed by atoms with van der Waals surface area (Å²) in [6, 6.07) is 8.28. The van der Waals surface area contributed by atoms with Gasteiger partial charge in [0.1, 0.15) is 11.4 Å². The monoisotopic (exact) mass is 383 g/mol. The van der Waals surface area contributed by atoms with E-state index in [2.05, 4.69) is 15.6 Å². The zero-order valence-electron chi connectivity index (χ0n) is 16.4. The van der Waals surface area contributed by atoms with Crippen molar-refractivity contribution < 1.29 is 14.3 Å². The van der Waals surface area contributed by atoms with Crippen LogP contribution in [0, 0.1) is 0 Å². The van der Waals surface area contributed by atoms with Crippen LogP contribution in [0.5, 0.6) is 5.75 Å². The molecule has 2 fully saturated rings. The van der Waals surface area contributed by atoms with Gasteiger partial charge >= 0.3 is 0 Å². The van der Waals surface area contributed by atoms with Crippen molar-refractivity contribution in [3.05, 3.63) is 36.7 Å². The molecule has 2 heterocycles. The van der Waals surface area contributed by atoms with E-state index < -0.39 is 5.60 Å². The molecule has 1 aromatic carbocycles. The van der Waals surface area contributed by atoms with E-state index >= 15 is 0 Å². The van der Waals surface area contributed by atoms with Crippen molar-refractivity contribution in [1.82, 2.24) is 15.6 Å². The van der Waals surface area contributed by atoms with Crippen LogP contribution in [0.4, 0.5) is 0 Å². The number of rotatable bonds is 5. The molecule has 0 atom stereocenters. The highest BCUT2D eigenvalue weighted by Crippen LogP contribution is 2.30. The predicted octanol–water partition coefficient (Wildman–Crippen LogP) is 2.81. The molecule has 1 aliphatic heterocycles. The van der Waals surface area contributed by atoms with E-state index in [-0.39, 0.29) is 18.1 Å². The third-order valence-electron chi connectivity index (χ3n) is 6.16. The van der Waals surface area contributed by atoms with E-state index in [0.29, 0.717) is 0 Å². The summed E-state index contributed by atoms with van der Waals surface area (Å²) in [4.78, 5) is 17.0. The van der Waals surface area contributed by atoms with Gasteiger partial charge in [-0.3, -0.25) is 9.78 Å². The molecule has 1 saturated heterocycles. The second-order valence-electron chi connectivity index (χ2n) is 7.87. The van der Waals surface area contributed by atoms with Crippen LogP contribution in [-0.4, -0.2) is 48.8 Å². The molecule has 0 unspecified atom stereocenters. The number of amides is 1. The lowest BCUT2D eigenvalue weighted by Gasteiger charge is -2.37. The first-order valence-electron chi connectivity index (χ1n) is 10.3. The summed E-state index contributed by atoms with van der Waals surface area (Å²) in [5.41, 5.74) is -0.671. The van der Waals surface area contributed by atoms with Crippen molar-refractivity contribution in [3.63, 3.8) is 0 Å². The molecule has 2 aliphatic rings. The van der Waals surface area contributed by atoms with Crippen molar-refractivity contribution in [2.45, 2.75) is 56.3 Å². The van der Waals surface area contributed by atoms with Gasteiger partial charge in [0.25, 0.3) is 5.91 Å².